The molecule has 3 N–H and O–H groups in total. The molecule has 2 unspecified atom stereocenters. The fourth-order valence-electron chi connectivity index (χ4n) is 8.92. The number of carbonyl (C=O) groups excluding carboxylic acids is 4. The number of phosphoric acid groups is 2. The van der Waals surface area contributed by atoms with Crippen LogP contribution in [0.25, 0.3) is 0 Å². The summed E-state index contributed by atoms with van der Waals surface area (Å²) < 4.78 is 67.6. The number of ether oxygens (including phenoxy) is 4. The molecule has 5 atom stereocenters. The van der Waals surface area contributed by atoms with E-state index in [0.717, 1.165) is 122 Å². The van der Waals surface area contributed by atoms with E-state index in [9.17, 15) is 43.2 Å². The predicted molar refractivity (Wildman–Crippen MR) is 326 cm³/mol. The zero-order valence-corrected chi connectivity index (χ0v) is 53.7. The van der Waals surface area contributed by atoms with Crippen LogP contribution in [0.3, 0.4) is 0 Å². The monoisotopic (exact) mass is 1210 g/mol. The molecule has 0 fully saturated rings. The van der Waals surface area contributed by atoms with E-state index < -0.39 is 97.5 Å². The molecule has 17 nitrogen and oxygen atoms in total. The van der Waals surface area contributed by atoms with E-state index in [-0.39, 0.29) is 25.7 Å². The maximum Gasteiger partial charge on any atom is 0.472 e. The van der Waals surface area contributed by atoms with Crippen LogP contribution >= 0.6 is 15.6 Å². The van der Waals surface area contributed by atoms with E-state index in [1.165, 1.54) is 96.3 Å². The Balaban J connectivity index is 5.18. The fraction of sp³-hybridized carbons (Fsp3) is 0.873. The quantitative estimate of drug-likeness (QED) is 0.0169. The molecule has 0 aromatic rings. The fourth-order valence-corrected chi connectivity index (χ4v) is 10.5. The number of phosphoric ester groups is 2. The first kappa shape index (κ1) is 79.5. The highest BCUT2D eigenvalue weighted by atomic mass is 31.2. The van der Waals surface area contributed by atoms with E-state index in [1.54, 1.807) is 0 Å². The Bertz CT molecular complexity index is 1680. The number of rotatable bonds is 62. The van der Waals surface area contributed by atoms with Crippen LogP contribution in [-0.4, -0.2) is 96.7 Å². The number of aliphatic hydroxyl groups excluding tert-OH is 1. The number of hydrogen-bond acceptors (Lipinski definition) is 15. The molecule has 0 aliphatic rings. The van der Waals surface area contributed by atoms with Crippen LogP contribution in [0.15, 0.2) is 24.3 Å². The van der Waals surface area contributed by atoms with Crippen LogP contribution < -0.4 is 0 Å². The van der Waals surface area contributed by atoms with Gasteiger partial charge in [0.1, 0.15) is 19.3 Å². The van der Waals surface area contributed by atoms with E-state index in [4.69, 9.17) is 37.0 Å². The number of hydrogen-bond donors (Lipinski definition) is 3. The summed E-state index contributed by atoms with van der Waals surface area (Å²) >= 11 is 0. The van der Waals surface area contributed by atoms with Crippen molar-refractivity contribution in [2.45, 2.75) is 316 Å². The van der Waals surface area contributed by atoms with Gasteiger partial charge >= 0.3 is 39.5 Å². The lowest BCUT2D eigenvalue weighted by Gasteiger charge is -2.21. The van der Waals surface area contributed by atoms with Gasteiger partial charge in [0, 0.05) is 25.7 Å². The normalized spacial score (nSPS) is 14.4. The summed E-state index contributed by atoms with van der Waals surface area (Å²) in [5.41, 5.74) is 0. The minimum Gasteiger partial charge on any atom is -0.462 e. The average Bonchev–Trinajstić information content (AvgIpc) is 3.49. The standard InChI is InChI=1S/C63H118O17P2/c1-5-9-13-17-20-22-24-26-28-30-32-34-37-40-44-48-61(66)74-54-59(80-63(68)50-46-42-38-35-33-31-29-27-25-23-21-18-14-10-6-2)56-78-82(71,72)76-52-57(64)51-75-81(69,70)77-55-58(53-73-60(65)47-43-39-16-12-8-4)79-62(67)49-45-41-36-19-15-11-7-3/h23,25,27,29,57-59,64H,5-22,24,26,28,30-56H2,1-4H3,(H,69,70)(H,71,72)/b25-23-,29-27-/t57-,58+,59+/m0/s1. The van der Waals surface area contributed by atoms with E-state index in [2.05, 4.69) is 52.0 Å². The first-order valence-electron chi connectivity index (χ1n) is 32.6. The zero-order chi connectivity index (χ0) is 60.5. The largest absolute Gasteiger partial charge is 0.472 e. The molecule has 82 heavy (non-hydrogen) atoms. The highest BCUT2D eigenvalue weighted by molar-refractivity contribution is 7.47. The molecule has 0 aromatic carbocycles. The molecular formula is C63H118O17P2. The Morgan fingerprint density at radius 1 is 0.341 bits per heavy atom. The molecule has 0 aliphatic heterocycles. The lowest BCUT2D eigenvalue weighted by molar-refractivity contribution is -0.161. The van der Waals surface area contributed by atoms with Gasteiger partial charge in [0.2, 0.25) is 0 Å². The van der Waals surface area contributed by atoms with Gasteiger partial charge in [-0.3, -0.25) is 37.3 Å². The third-order valence-corrected chi connectivity index (χ3v) is 15.9. The van der Waals surface area contributed by atoms with Crippen LogP contribution in [0.2, 0.25) is 0 Å². The zero-order valence-electron chi connectivity index (χ0n) is 51.9. The van der Waals surface area contributed by atoms with Crippen LogP contribution in [0.1, 0.15) is 297 Å². The number of esters is 4. The van der Waals surface area contributed by atoms with Crippen molar-refractivity contribution < 1.29 is 80.2 Å². The number of unbranched alkanes of at least 4 members (excludes halogenated alkanes) is 33. The SMILES string of the molecule is CCCCCC/C=C\C=C/CCCCCCCC(=O)O[C@H](COC(=O)CCCCCCCCCCCCCCCCC)COP(=O)(O)OC[C@@H](O)COP(=O)(O)OC[C@@H](COC(=O)CCCCCCC)OC(=O)CCCCCCCCC. The molecule has 0 saturated carbocycles. The van der Waals surface area contributed by atoms with Crippen LogP contribution in [-0.2, 0) is 65.4 Å². The molecule has 0 saturated heterocycles. The Kier molecular flexibility index (Phi) is 55.9. The van der Waals surface area contributed by atoms with Crippen molar-refractivity contribution in [2.24, 2.45) is 0 Å². The third kappa shape index (κ3) is 56.7. The second-order valence-electron chi connectivity index (χ2n) is 22.1. The molecule has 0 spiro atoms. The van der Waals surface area contributed by atoms with Gasteiger partial charge in [-0.05, 0) is 51.4 Å². The maximum atomic E-state index is 13.0. The predicted octanol–water partition coefficient (Wildman–Crippen LogP) is 17.1. The van der Waals surface area contributed by atoms with E-state index >= 15 is 0 Å². The lowest BCUT2D eigenvalue weighted by Crippen LogP contribution is -2.30. The van der Waals surface area contributed by atoms with E-state index in [1.807, 2.05) is 0 Å². The summed E-state index contributed by atoms with van der Waals surface area (Å²) in [5.74, 6) is -2.18. The van der Waals surface area contributed by atoms with Crippen LogP contribution in [0.5, 0.6) is 0 Å². The second kappa shape index (κ2) is 57.6. The smallest absolute Gasteiger partial charge is 0.462 e. The van der Waals surface area contributed by atoms with Crippen LogP contribution in [0.4, 0.5) is 0 Å². The molecule has 0 rings (SSSR count). The molecule has 0 aliphatic carbocycles. The number of aliphatic hydroxyl groups is 1. The molecule has 0 heterocycles. The van der Waals surface area contributed by atoms with Crippen molar-refractivity contribution in [2.75, 3.05) is 39.6 Å². The van der Waals surface area contributed by atoms with Crippen molar-refractivity contribution in [3.8, 4) is 0 Å². The van der Waals surface area contributed by atoms with Crippen molar-refractivity contribution in [3.63, 3.8) is 0 Å². The van der Waals surface area contributed by atoms with Gasteiger partial charge in [-0.25, -0.2) is 9.13 Å². The van der Waals surface area contributed by atoms with Gasteiger partial charge in [-0.1, -0.05) is 245 Å². The summed E-state index contributed by atoms with van der Waals surface area (Å²) in [5, 5.41) is 10.5. The van der Waals surface area contributed by atoms with Crippen molar-refractivity contribution >= 4 is 39.5 Å². The third-order valence-electron chi connectivity index (χ3n) is 14.0. The molecule has 0 amide bonds. The minimum atomic E-state index is -4.95. The Morgan fingerprint density at radius 3 is 0.890 bits per heavy atom. The van der Waals surface area contributed by atoms with Gasteiger partial charge < -0.3 is 33.8 Å². The molecule has 482 valence electrons. The second-order valence-corrected chi connectivity index (χ2v) is 25.0. The molecule has 0 aromatic heterocycles. The van der Waals surface area contributed by atoms with Crippen molar-refractivity contribution in [1.29, 1.82) is 0 Å². The Labute approximate surface area is 497 Å². The molecule has 19 heteroatoms. The number of carbonyl (C=O) groups is 4. The van der Waals surface area contributed by atoms with Gasteiger partial charge in [0.25, 0.3) is 0 Å². The van der Waals surface area contributed by atoms with Gasteiger partial charge in [-0.15, -0.1) is 0 Å². The lowest BCUT2D eigenvalue weighted by atomic mass is 10.0. The first-order valence-corrected chi connectivity index (χ1v) is 35.6. The summed E-state index contributed by atoms with van der Waals surface area (Å²) in [4.78, 5) is 71.8. The summed E-state index contributed by atoms with van der Waals surface area (Å²) in [6.45, 7) is 4.69. The van der Waals surface area contributed by atoms with Crippen LogP contribution in [0, 0.1) is 0 Å². The maximum absolute atomic E-state index is 13.0. The minimum absolute atomic E-state index is 0.0856. The van der Waals surface area contributed by atoms with Crippen molar-refractivity contribution in [1.82, 2.24) is 0 Å². The van der Waals surface area contributed by atoms with Crippen molar-refractivity contribution in [3.05, 3.63) is 24.3 Å². The highest BCUT2D eigenvalue weighted by Gasteiger charge is 2.30. The topological polar surface area (TPSA) is 237 Å². The molecular weight excluding hydrogens is 1090 g/mol. The summed E-state index contributed by atoms with van der Waals surface area (Å²) in [6, 6.07) is 0. The summed E-state index contributed by atoms with van der Waals surface area (Å²) in [7, 11) is -9.88. The summed E-state index contributed by atoms with van der Waals surface area (Å²) in [6.07, 6.45) is 45.8. The van der Waals surface area contributed by atoms with Gasteiger partial charge in [0.15, 0.2) is 12.2 Å². The Morgan fingerprint density at radius 2 is 0.585 bits per heavy atom. The Hall–Kier alpha value is -2.46. The highest BCUT2D eigenvalue weighted by Crippen LogP contribution is 2.45. The molecule has 0 radical (unpaired) electrons. The van der Waals surface area contributed by atoms with Gasteiger partial charge in [-0.2, -0.15) is 0 Å². The van der Waals surface area contributed by atoms with E-state index in [0.29, 0.717) is 25.7 Å². The first-order chi connectivity index (χ1) is 39.7. The molecule has 0 bridgehead atoms. The average molecular weight is 1210 g/mol. The number of allylic oxidation sites excluding steroid dienone is 4. The van der Waals surface area contributed by atoms with Gasteiger partial charge in [0.05, 0.1) is 26.4 Å².